The first kappa shape index (κ1) is 11.2. The summed E-state index contributed by atoms with van der Waals surface area (Å²) in [6.07, 6.45) is 6.28. The Labute approximate surface area is 93.9 Å². The molecule has 2 bridgehead atoms. The average Bonchev–Trinajstić information content (AvgIpc) is 2.17. The zero-order valence-corrected chi connectivity index (χ0v) is 10.8. The van der Waals surface area contributed by atoms with Crippen LogP contribution >= 0.6 is 0 Å². The lowest BCUT2D eigenvalue weighted by Gasteiger charge is -2.57. The minimum absolute atomic E-state index is 0.00431. The molecular formula is C14H24O. The molecule has 3 aliphatic carbocycles. The summed E-state index contributed by atoms with van der Waals surface area (Å²) in [6.45, 7) is 9.23. The van der Waals surface area contributed by atoms with Crippen LogP contribution in [0.15, 0.2) is 11.6 Å². The monoisotopic (exact) mass is 208 g/mol. The van der Waals surface area contributed by atoms with Gasteiger partial charge < -0.3 is 4.74 Å². The standard InChI is InChI=1S/C14H24O/c1-13(2,15-5)9-10-6-7-11-8-12(10)14(11,3)4/h6,11-12H,7-9H2,1-5H3/t11-,12-/m1/s1. The van der Waals surface area contributed by atoms with Crippen LogP contribution in [-0.4, -0.2) is 12.7 Å². The maximum atomic E-state index is 5.53. The maximum Gasteiger partial charge on any atom is 0.0659 e. The summed E-state index contributed by atoms with van der Waals surface area (Å²) >= 11 is 0. The van der Waals surface area contributed by atoms with Crippen molar-refractivity contribution in [1.29, 1.82) is 0 Å². The van der Waals surface area contributed by atoms with Gasteiger partial charge in [-0.3, -0.25) is 0 Å². The third-order valence-corrected chi connectivity index (χ3v) is 4.77. The van der Waals surface area contributed by atoms with Crippen LogP contribution in [0, 0.1) is 17.3 Å². The normalized spacial score (nSPS) is 33.3. The van der Waals surface area contributed by atoms with Crippen LogP contribution in [0.1, 0.15) is 47.0 Å². The summed E-state index contributed by atoms with van der Waals surface area (Å²) in [6, 6.07) is 0. The van der Waals surface area contributed by atoms with E-state index in [1.54, 1.807) is 5.57 Å². The number of rotatable bonds is 3. The fourth-order valence-electron chi connectivity index (χ4n) is 3.24. The zero-order chi connectivity index (χ0) is 11.3. The molecule has 0 saturated heterocycles. The topological polar surface area (TPSA) is 9.23 Å². The van der Waals surface area contributed by atoms with Gasteiger partial charge in [0.1, 0.15) is 0 Å². The van der Waals surface area contributed by atoms with Crippen molar-refractivity contribution in [2.45, 2.75) is 52.6 Å². The van der Waals surface area contributed by atoms with E-state index in [1.165, 1.54) is 12.8 Å². The molecule has 3 rings (SSSR count). The molecule has 15 heavy (non-hydrogen) atoms. The van der Waals surface area contributed by atoms with E-state index in [-0.39, 0.29) is 5.60 Å². The van der Waals surface area contributed by atoms with Gasteiger partial charge in [0.2, 0.25) is 0 Å². The Kier molecular flexibility index (Phi) is 2.50. The molecule has 1 heteroatoms. The van der Waals surface area contributed by atoms with Crippen LogP contribution < -0.4 is 0 Å². The van der Waals surface area contributed by atoms with E-state index < -0.39 is 0 Å². The van der Waals surface area contributed by atoms with Crippen LogP contribution in [0.5, 0.6) is 0 Å². The highest BCUT2D eigenvalue weighted by Crippen LogP contribution is 2.60. The molecule has 0 unspecified atom stereocenters. The predicted molar refractivity (Wildman–Crippen MR) is 63.8 cm³/mol. The number of hydrogen-bond acceptors (Lipinski definition) is 1. The Hall–Kier alpha value is -0.300. The lowest BCUT2D eigenvalue weighted by atomic mass is 9.48. The van der Waals surface area contributed by atoms with Gasteiger partial charge in [0.25, 0.3) is 0 Å². The average molecular weight is 208 g/mol. The highest BCUT2D eigenvalue weighted by Gasteiger charge is 2.51. The number of fused-ring (bicyclic) bond motifs is 1. The van der Waals surface area contributed by atoms with Crippen molar-refractivity contribution in [3.8, 4) is 0 Å². The molecular weight excluding hydrogens is 184 g/mol. The second-order valence-electron chi connectivity index (χ2n) is 6.46. The first-order valence-electron chi connectivity index (χ1n) is 6.11. The Morgan fingerprint density at radius 2 is 2.13 bits per heavy atom. The van der Waals surface area contributed by atoms with Crippen molar-refractivity contribution < 1.29 is 4.74 Å². The van der Waals surface area contributed by atoms with Gasteiger partial charge in [-0.25, -0.2) is 0 Å². The van der Waals surface area contributed by atoms with Crippen molar-refractivity contribution in [3.05, 3.63) is 11.6 Å². The van der Waals surface area contributed by atoms with Gasteiger partial charge in [-0.05, 0) is 50.4 Å². The summed E-state index contributed by atoms with van der Waals surface area (Å²) in [5, 5.41) is 0. The summed E-state index contributed by atoms with van der Waals surface area (Å²) in [5.41, 5.74) is 2.20. The van der Waals surface area contributed by atoms with Crippen LogP contribution in [0.3, 0.4) is 0 Å². The van der Waals surface area contributed by atoms with E-state index in [9.17, 15) is 0 Å². The van der Waals surface area contributed by atoms with E-state index in [1.807, 2.05) is 7.11 Å². The molecule has 0 radical (unpaired) electrons. The van der Waals surface area contributed by atoms with Crippen LogP contribution in [-0.2, 0) is 4.74 Å². The number of allylic oxidation sites excluding steroid dienone is 1. The van der Waals surface area contributed by atoms with E-state index in [4.69, 9.17) is 4.74 Å². The van der Waals surface area contributed by atoms with Crippen LogP contribution in [0.2, 0.25) is 0 Å². The predicted octanol–water partition coefficient (Wildman–Crippen LogP) is 3.79. The van der Waals surface area contributed by atoms with Crippen molar-refractivity contribution >= 4 is 0 Å². The third-order valence-electron chi connectivity index (χ3n) is 4.77. The summed E-state index contributed by atoms with van der Waals surface area (Å²) in [7, 11) is 1.82. The molecule has 1 fully saturated rings. The van der Waals surface area contributed by atoms with Gasteiger partial charge in [-0.2, -0.15) is 0 Å². The Bertz CT molecular complexity index is 286. The van der Waals surface area contributed by atoms with Crippen LogP contribution in [0.25, 0.3) is 0 Å². The fourth-order valence-corrected chi connectivity index (χ4v) is 3.24. The smallest absolute Gasteiger partial charge is 0.0659 e. The highest BCUT2D eigenvalue weighted by atomic mass is 16.5. The minimum Gasteiger partial charge on any atom is -0.378 e. The molecule has 0 aromatic rings. The van der Waals surface area contributed by atoms with Crippen molar-refractivity contribution in [3.63, 3.8) is 0 Å². The van der Waals surface area contributed by atoms with E-state index in [0.29, 0.717) is 5.41 Å². The van der Waals surface area contributed by atoms with Crippen molar-refractivity contribution in [2.24, 2.45) is 17.3 Å². The first-order chi connectivity index (χ1) is 6.87. The second-order valence-corrected chi connectivity index (χ2v) is 6.46. The number of hydrogen-bond donors (Lipinski definition) is 0. The molecule has 0 aromatic carbocycles. The molecule has 0 N–H and O–H groups in total. The molecule has 3 aliphatic rings. The Morgan fingerprint density at radius 1 is 1.47 bits per heavy atom. The number of ether oxygens (including phenoxy) is 1. The molecule has 0 heterocycles. The first-order valence-corrected chi connectivity index (χ1v) is 6.11. The SMILES string of the molecule is COC(C)(C)CC1=CC[C@@H]2C[C@H]1C2(C)C. The Morgan fingerprint density at radius 3 is 2.60 bits per heavy atom. The van der Waals surface area contributed by atoms with Gasteiger partial charge >= 0.3 is 0 Å². The van der Waals surface area contributed by atoms with Gasteiger partial charge in [-0.15, -0.1) is 0 Å². The van der Waals surface area contributed by atoms with Gasteiger partial charge in [0, 0.05) is 7.11 Å². The lowest BCUT2D eigenvalue weighted by Crippen LogP contribution is -2.49. The fraction of sp³-hybridized carbons (Fsp3) is 0.857. The van der Waals surface area contributed by atoms with E-state index in [0.717, 1.165) is 18.3 Å². The minimum atomic E-state index is 0.00431. The molecule has 1 nitrogen and oxygen atoms in total. The second kappa shape index (κ2) is 3.35. The molecule has 0 aliphatic heterocycles. The maximum absolute atomic E-state index is 5.53. The van der Waals surface area contributed by atoms with Gasteiger partial charge in [0.05, 0.1) is 5.60 Å². The number of methoxy groups -OCH3 is 1. The largest absolute Gasteiger partial charge is 0.378 e. The summed E-state index contributed by atoms with van der Waals surface area (Å²) in [4.78, 5) is 0. The highest BCUT2D eigenvalue weighted by molar-refractivity contribution is 5.24. The summed E-state index contributed by atoms with van der Waals surface area (Å²) in [5.74, 6) is 1.77. The Balaban J connectivity index is 2.09. The van der Waals surface area contributed by atoms with E-state index in [2.05, 4.69) is 33.8 Å². The molecule has 0 aromatic heterocycles. The lowest BCUT2D eigenvalue weighted by molar-refractivity contribution is -0.0266. The molecule has 86 valence electrons. The summed E-state index contributed by atoms with van der Waals surface area (Å²) < 4.78 is 5.53. The molecule has 0 amide bonds. The van der Waals surface area contributed by atoms with Gasteiger partial charge in [-0.1, -0.05) is 25.5 Å². The molecule has 1 saturated carbocycles. The zero-order valence-electron chi connectivity index (χ0n) is 10.8. The van der Waals surface area contributed by atoms with E-state index >= 15 is 0 Å². The third kappa shape index (κ3) is 1.75. The van der Waals surface area contributed by atoms with Crippen molar-refractivity contribution in [2.75, 3.05) is 7.11 Å². The van der Waals surface area contributed by atoms with Crippen molar-refractivity contribution in [1.82, 2.24) is 0 Å². The van der Waals surface area contributed by atoms with Crippen LogP contribution in [0.4, 0.5) is 0 Å². The molecule has 2 atom stereocenters. The molecule has 0 spiro atoms. The van der Waals surface area contributed by atoms with Gasteiger partial charge in [0.15, 0.2) is 0 Å². The quantitative estimate of drug-likeness (QED) is 0.641.